The molecule has 12 nitrogen and oxygen atoms in total. The minimum Gasteiger partial charge on any atom is -0.457 e. The molecule has 6 atom stereocenters. The highest BCUT2D eigenvalue weighted by Gasteiger charge is 2.48. The molecule has 1 fully saturated rings. The zero-order valence-electron chi connectivity index (χ0n) is 39.2. The lowest BCUT2D eigenvalue weighted by atomic mass is 9.99. The Bertz CT molecular complexity index is 1180. The summed E-state index contributed by atoms with van der Waals surface area (Å²) in [4.78, 5) is 12.9. The van der Waals surface area contributed by atoms with Gasteiger partial charge in [0.05, 0.1) is 19.8 Å². The highest BCUT2D eigenvalue weighted by atomic mass is 32.3. The molecule has 1 aliphatic rings. The summed E-state index contributed by atoms with van der Waals surface area (Å²) in [5.74, 6) is -0.403. The Morgan fingerprint density at radius 1 is 0.597 bits per heavy atom. The number of ether oxygens (including phenoxy) is 4. The minimum atomic E-state index is -5.06. The monoisotopic (exact) mass is 905 g/mol. The average Bonchev–Trinajstić information content (AvgIpc) is 3.24. The maximum absolute atomic E-state index is 12.9. The molecule has 0 spiro atoms. The Morgan fingerprint density at radius 3 is 1.45 bits per heavy atom. The SMILES string of the molecule is CCCCCCCCC/C=C\CCCCCCCCCC(=O)OC(COCCCCCCCC/C=C\CCCCCCCCC)COC1OC(CO)C(O)C(OS(=O)(=O)O)C1O. The molecule has 1 aliphatic heterocycles. The summed E-state index contributed by atoms with van der Waals surface area (Å²) in [6.45, 7) is 3.99. The molecule has 1 heterocycles. The standard InChI is InChI=1S/C49H92O12S/c1-3-5-7-9-11-13-15-17-19-21-22-24-26-28-30-32-34-36-38-45(51)59-43(42-58-49-47(53)48(61-62(54,55)56)46(52)44(40-50)60-49)41-57-39-37-35-33-31-29-27-25-23-20-18-16-14-12-10-8-6-4-2/h19-21,23,43-44,46-50,52-53H,3-18,22,24-42H2,1-2H3,(H,54,55,56)/b21-19-,23-20-. The van der Waals surface area contributed by atoms with Crippen LogP contribution in [-0.2, 0) is 38.3 Å². The van der Waals surface area contributed by atoms with E-state index in [2.05, 4.69) is 42.3 Å². The smallest absolute Gasteiger partial charge is 0.397 e. The van der Waals surface area contributed by atoms with Gasteiger partial charge in [0.1, 0.15) is 30.5 Å². The fraction of sp³-hybridized carbons (Fsp3) is 0.898. The van der Waals surface area contributed by atoms with Crippen LogP contribution in [0.2, 0.25) is 0 Å². The van der Waals surface area contributed by atoms with Crippen molar-refractivity contribution in [2.75, 3.05) is 26.4 Å². The highest BCUT2D eigenvalue weighted by Crippen LogP contribution is 2.26. The van der Waals surface area contributed by atoms with Crippen molar-refractivity contribution in [3.63, 3.8) is 0 Å². The molecule has 62 heavy (non-hydrogen) atoms. The molecule has 0 aromatic heterocycles. The second kappa shape index (κ2) is 41.0. The number of allylic oxidation sites excluding steroid dienone is 4. The molecule has 4 N–H and O–H groups in total. The Labute approximate surface area is 378 Å². The van der Waals surface area contributed by atoms with Crippen molar-refractivity contribution in [2.45, 2.75) is 256 Å². The first-order valence-corrected chi connectivity index (χ1v) is 26.5. The lowest BCUT2D eigenvalue weighted by Gasteiger charge is -2.41. The van der Waals surface area contributed by atoms with E-state index < -0.39 is 59.8 Å². The molecule has 0 aliphatic carbocycles. The summed E-state index contributed by atoms with van der Waals surface area (Å²) < 4.78 is 59.2. The molecule has 13 heteroatoms. The van der Waals surface area contributed by atoms with Gasteiger partial charge in [0.2, 0.25) is 0 Å². The van der Waals surface area contributed by atoms with Gasteiger partial charge in [-0.15, -0.1) is 0 Å². The number of carbonyl (C=O) groups is 1. The lowest BCUT2D eigenvalue weighted by molar-refractivity contribution is -0.301. The summed E-state index contributed by atoms with van der Waals surface area (Å²) >= 11 is 0. The Kier molecular flexibility index (Phi) is 38.8. The van der Waals surface area contributed by atoms with Crippen LogP contribution in [0.1, 0.15) is 219 Å². The summed E-state index contributed by atoms with van der Waals surface area (Å²) in [6.07, 6.45) is 37.8. The highest BCUT2D eigenvalue weighted by molar-refractivity contribution is 7.80. The van der Waals surface area contributed by atoms with Gasteiger partial charge in [0, 0.05) is 13.0 Å². The average molecular weight is 905 g/mol. The molecule has 1 rings (SSSR count). The minimum absolute atomic E-state index is 0.0328. The Morgan fingerprint density at radius 2 is 1.02 bits per heavy atom. The van der Waals surface area contributed by atoms with Crippen molar-refractivity contribution in [1.82, 2.24) is 0 Å². The molecule has 0 radical (unpaired) electrons. The third-order valence-corrected chi connectivity index (χ3v) is 12.0. The number of aliphatic hydroxyl groups is 3. The third kappa shape index (κ3) is 34.0. The Hall–Kier alpha value is -1.42. The van der Waals surface area contributed by atoms with E-state index in [9.17, 15) is 33.1 Å². The Balaban J connectivity index is 2.38. The number of hydrogen-bond donors (Lipinski definition) is 4. The van der Waals surface area contributed by atoms with Gasteiger partial charge in [-0.05, 0) is 64.2 Å². The number of hydrogen-bond acceptors (Lipinski definition) is 11. The van der Waals surface area contributed by atoms with E-state index in [1.807, 2.05) is 0 Å². The van der Waals surface area contributed by atoms with E-state index >= 15 is 0 Å². The van der Waals surface area contributed by atoms with Gasteiger partial charge in [-0.1, -0.05) is 173 Å². The second-order valence-electron chi connectivity index (χ2n) is 17.4. The zero-order valence-corrected chi connectivity index (χ0v) is 40.0. The summed E-state index contributed by atoms with van der Waals surface area (Å²) in [5.41, 5.74) is 0. The molecule has 0 saturated carbocycles. The van der Waals surface area contributed by atoms with Crippen LogP contribution >= 0.6 is 0 Å². The van der Waals surface area contributed by atoms with Gasteiger partial charge in [-0.25, -0.2) is 4.18 Å². The van der Waals surface area contributed by atoms with Crippen molar-refractivity contribution in [3.05, 3.63) is 24.3 Å². The number of carbonyl (C=O) groups excluding carboxylic acids is 1. The summed E-state index contributed by atoms with van der Waals surface area (Å²) in [7, 11) is -5.06. The van der Waals surface area contributed by atoms with E-state index in [-0.39, 0.29) is 19.6 Å². The molecule has 6 unspecified atom stereocenters. The van der Waals surface area contributed by atoms with Crippen molar-refractivity contribution in [3.8, 4) is 0 Å². The van der Waals surface area contributed by atoms with Crippen LogP contribution in [0.4, 0.5) is 0 Å². The van der Waals surface area contributed by atoms with Gasteiger partial charge >= 0.3 is 16.4 Å². The predicted molar refractivity (Wildman–Crippen MR) is 248 cm³/mol. The number of aliphatic hydroxyl groups excluding tert-OH is 3. The van der Waals surface area contributed by atoms with E-state index in [4.69, 9.17) is 18.9 Å². The van der Waals surface area contributed by atoms with Gasteiger partial charge in [-0.2, -0.15) is 8.42 Å². The van der Waals surface area contributed by atoms with Crippen LogP contribution in [-0.4, -0.2) is 97.5 Å². The van der Waals surface area contributed by atoms with Crippen molar-refractivity contribution >= 4 is 16.4 Å². The molecule has 0 bridgehead atoms. The number of unbranched alkanes of at least 4 members (excludes halogenated alkanes) is 27. The van der Waals surface area contributed by atoms with Crippen LogP contribution in [0.25, 0.3) is 0 Å². The van der Waals surface area contributed by atoms with Crippen molar-refractivity contribution in [1.29, 1.82) is 0 Å². The van der Waals surface area contributed by atoms with Crippen LogP contribution in [0.15, 0.2) is 24.3 Å². The third-order valence-electron chi connectivity index (χ3n) is 11.5. The number of rotatable bonds is 44. The van der Waals surface area contributed by atoms with Gasteiger partial charge in [-0.3, -0.25) is 9.35 Å². The normalized spacial score (nSPS) is 20.1. The molecular weight excluding hydrogens is 813 g/mol. The second-order valence-corrected chi connectivity index (χ2v) is 18.4. The van der Waals surface area contributed by atoms with Gasteiger partial charge in [0.15, 0.2) is 6.29 Å². The van der Waals surface area contributed by atoms with E-state index in [0.29, 0.717) is 13.0 Å². The maximum Gasteiger partial charge on any atom is 0.397 e. The van der Waals surface area contributed by atoms with Crippen LogP contribution < -0.4 is 0 Å². The summed E-state index contributed by atoms with van der Waals surface area (Å²) in [6, 6.07) is 0. The van der Waals surface area contributed by atoms with Crippen molar-refractivity contribution in [2.24, 2.45) is 0 Å². The first-order valence-electron chi connectivity index (χ1n) is 25.1. The van der Waals surface area contributed by atoms with Crippen molar-refractivity contribution < 1.29 is 56.2 Å². The summed E-state index contributed by atoms with van der Waals surface area (Å²) in [5, 5.41) is 30.7. The number of esters is 1. The molecule has 0 amide bonds. The van der Waals surface area contributed by atoms with E-state index in [1.165, 1.54) is 141 Å². The topological polar surface area (TPSA) is 178 Å². The fourth-order valence-corrected chi connectivity index (χ4v) is 8.23. The van der Waals surface area contributed by atoms with E-state index in [0.717, 1.165) is 51.4 Å². The zero-order chi connectivity index (χ0) is 45.4. The first-order chi connectivity index (χ1) is 30.1. The van der Waals surface area contributed by atoms with E-state index in [1.54, 1.807) is 0 Å². The van der Waals surface area contributed by atoms with Crippen LogP contribution in [0.3, 0.4) is 0 Å². The molecule has 0 aromatic rings. The molecule has 1 saturated heterocycles. The molecular formula is C49H92O12S. The van der Waals surface area contributed by atoms with Crippen LogP contribution in [0.5, 0.6) is 0 Å². The maximum atomic E-state index is 12.9. The van der Waals surface area contributed by atoms with Gasteiger partial charge < -0.3 is 34.3 Å². The van der Waals surface area contributed by atoms with Gasteiger partial charge in [0.25, 0.3) is 0 Å². The fourth-order valence-electron chi connectivity index (χ4n) is 7.72. The lowest BCUT2D eigenvalue weighted by Crippen LogP contribution is -2.60. The largest absolute Gasteiger partial charge is 0.457 e. The van der Waals surface area contributed by atoms with Crippen LogP contribution in [0, 0.1) is 0 Å². The molecule has 0 aromatic carbocycles. The predicted octanol–water partition coefficient (Wildman–Crippen LogP) is 11.2. The first kappa shape index (κ1) is 58.6. The quantitative estimate of drug-likeness (QED) is 0.0197. The molecule has 366 valence electrons.